The number of hydrogen-bond donors (Lipinski definition) is 1. The fraction of sp³-hybridized carbons (Fsp3) is 0.263. The second-order valence-electron chi connectivity index (χ2n) is 5.33. The van der Waals surface area contributed by atoms with E-state index in [9.17, 15) is 14.4 Å². The highest BCUT2D eigenvalue weighted by atomic mass is 19.1. The lowest BCUT2D eigenvalue weighted by atomic mass is 10.1. The summed E-state index contributed by atoms with van der Waals surface area (Å²) in [6.07, 6.45) is 0. The van der Waals surface area contributed by atoms with Crippen LogP contribution < -0.4 is 24.3 Å². The van der Waals surface area contributed by atoms with Crippen LogP contribution in [0.1, 0.15) is 11.6 Å². The minimum absolute atomic E-state index is 0.214. The molecule has 2 aromatic carbocycles. The number of halogens is 1. The molecule has 0 saturated carbocycles. The van der Waals surface area contributed by atoms with Gasteiger partial charge in [-0.1, -0.05) is 6.07 Å². The summed E-state index contributed by atoms with van der Waals surface area (Å²) in [6.45, 7) is -0.369. The summed E-state index contributed by atoms with van der Waals surface area (Å²) in [7, 11) is 4.37. The predicted octanol–water partition coefficient (Wildman–Crippen LogP) is 2.61. The minimum Gasteiger partial charge on any atom is -0.493 e. The fourth-order valence-corrected chi connectivity index (χ4v) is 2.37. The van der Waals surface area contributed by atoms with Crippen LogP contribution in [-0.2, 0) is 4.79 Å². The minimum atomic E-state index is -0.970. The maximum Gasteiger partial charge on any atom is 0.259 e. The number of ether oxygens (including phenoxy) is 4. The van der Waals surface area contributed by atoms with Gasteiger partial charge in [-0.15, -0.1) is 0 Å². The molecule has 8 heteroatoms. The molecule has 2 aromatic rings. The van der Waals surface area contributed by atoms with Crippen LogP contribution in [0.25, 0.3) is 0 Å². The Kier molecular flexibility index (Phi) is 6.83. The average Bonchev–Trinajstić information content (AvgIpc) is 2.69. The molecule has 142 valence electrons. The Balaban J connectivity index is 2.12. The van der Waals surface area contributed by atoms with Gasteiger partial charge in [-0.3, -0.25) is 4.79 Å². The fourth-order valence-electron chi connectivity index (χ4n) is 2.37. The van der Waals surface area contributed by atoms with E-state index < -0.39 is 17.8 Å². The van der Waals surface area contributed by atoms with E-state index in [1.54, 1.807) is 12.1 Å². The molecular formula is C19H19FN2O5. The van der Waals surface area contributed by atoms with Gasteiger partial charge in [-0.2, -0.15) is 5.26 Å². The molecular weight excluding hydrogens is 355 g/mol. The van der Waals surface area contributed by atoms with Gasteiger partial charge in [0.1, 0.15) is 17.6 Å². The van der Waals surface area contributed by atoms with Crippen LogP contribution in [0.3, 0.4) is 0 Å². The van der Waals surface area contributed by atoms with Crippen LogP contribution in [0, 0.1) is 17.1 Å². The first-order valence-corrected chi connectivity index (χ1v) is 7.89. The Bertz CT molecular complexity index is 825. The maximum absolute atomic E-state index is 13.1. The van der Waals surface area contributed by atoms with Crippen molar-refractivity contribution in [1.82, 2.24) is 5.32 Å². The van der Waals surface area contributed by atoms with E-state index in [0.29, 0.717) is 22.8 Å². The molecule has 0 aliphatic carbocycles. The number of carbonyl (C=O) groups is 1. The molecule has 0 aromatic heterocycles. The van der Waals surface area contributed by atoms with Crippen molar-refractivity contribution in [2.24, 2.45) is 0 Å². The highest BCUT2D eigenvalue weighted by Crippen LogP contribution is 2.39. The zero-order chi connectivity index (χ0) is 19.8. The molecule has 0 heterocycles. The molecule has 1 atom stereocenters. The zero-order valence-electron chi connectivity index (χ0n) is 15.1. The summed E-state index contributed by atoms with van der Waals surface area (Å²) in [5, 5.41) is 12.0. The molecule has 0 radical (unpaired) electrons. The molecule has 7 nitrogen and oxygen atoms in total. The number of methoxy groups -OCH3 is 3. The van der Waals surface area contributed by atoms with Gasteiger partial charge in [0.05, 0.1) is 27.4 Å². The second kappa shape index (κ2) is 9.29. The van der Waals surface area contributed by atoms with E-state index in [2.05, 4.69) is 5.32 Å². The first-order valence-electron chi connectivity index (χ1n) is 7.89. The highest BCUT2D eigenvalue weighted by Gasteiger charge is 2.20. The standard InChI is InChI=1S/C19H19FN2O5/c1-24-16-7-12(8-17(25-2)19(16)26-3)15(10-21)22-18(23)11-27-14-6-4-5-13(20)9-14/h4-9,15H,11H2,1-3H3,(H,22,23). The van der Waals surface area contributed by atoms with Gasteiger partial charge in [0.15, 0.2) is 18.1 Å². The van der Waals surface area contributed by atoms with Crippen molar-refractivity contribution >= 4 is 5.91 Å². The number of amides is 1. The quantitative estimate of drug-likeness (QED) is 0.764. The van der Waals surface area contributed by atoms with Crippen molar-refractivity contribution in [3.05, 3.63) is 47.8 Å². The summed E-state index contributed by atoms with van der Waals surface area (Å²) < 4.78 is 34.1. The monoisotopic (exact) mass is 374 g/mol. The molecule has 0 aliphatic heterocycles. The first kappa shape index (κ1) is 19.8. The Hall–Kier alpha value is -3.47. The summed E-state index contributed by atoms with van der Waals surface area (Å²) in [4.78, 5) is 12.1. The molecule has 0 saturated heterocycles. The van der Waals surface area contributed by atoms with E-state index in [-0.39, 0.29) is 12.4 Å². The summed E-state index contributed by atoms with van der Waals surface area (Å²) in [6, 6.07) is 9.59. The van der Waals surface area contributed by atoms with Crippen LogP contribution in [-0.4, -0.2) is 33.8 Å². The van der Waals surface area contributed by atoms with Crippen molar-refractivity contribution in [2.45, 2.75) is 6.04 Å². The molecule has 2 rings (SSSR count). The van der Waals surface area contributed by atoms with E-state index in [1.165, 1.54) is 39.5 Å². The van der Waals surface area contributed by atoms with Crippen molar-refractivity contribution in [1.29, 1.82) is 5.26 Å². The van der Waals surface area contributed by atoms with Crippen molar-refractivity contribution in [3.8, 4) is 29.1 Å². The number of nitrogens with one attached hydrogen (secondary N) is 1. The van der Waals surface area contributed by atoms with Gasteiger partial charge in [-0.05, 0) is 29.8 Å². The Labute approximate surface area is 156 Å². The Morgan fingerprint density at radius 1 is 1.15 bits per heavy atom. The van der Waals surface area contributed by atoms with Crippen LogP contribution in [0.2, 0.25) is 0 Å². The van der Waals surface area contributed by atoms with Gasteiger partial charge >= 0.3 is 0 Å². The lowest BCUT2D eigenvalue weighted by molar-refractivity contribution is -0.123. The van der Waals surface area contributed by atoms with Crippen molar-refractivity contribution in [2.75, 3.05) is 27.9 Å². The van der Waals surface area contributed by atoms with Crippen LogP contribution >= 0.6 is 0 Å². The van der Waals surface area contributed by atoms with E-state index in [0.717, 1.165) is 6.07 Å². The van der Waals surface area contributed by atoms with E-state index in [1.807, 2.05) is 6.07 Å². The molecule has 0 bridgehead atoms. The Morgan fingerprint density at radius 3 is 2.33 bits per heavy atom. The largest absolute Gasteiger partial charge is 0.493 e. The highest BCUT2D eigenvalue weighted by molar-refractivity contribution is 5.78. The number of benzene rings is 2. The summed E-state index contributed by atoms with van der Waals surface area (Å²) in [5.41, 5.74) is 0.450. The second-order valence-corrected chi connectivity index (χ2v) is 5.33. The third kappa shape index (κ3) is 5.01. The average molecular weight is 374 g/mol. The number of nitrogens with zero attached hydrogens (tertiary/aromatic N) is 1. The third-order valence-electron chi connectivity index (χ3n) is 3.62. The van der Waals surface area contributed by atoms with Crippen LogP contribution in [0.4, 0.5) is 4.39 Å². The van der Waals surface area contributed by atoms with Gasteiger partial charge in [0.25, 0.3) is 5.91 Å². The maximum atomic E-state index is 13.1. The van der Waals surface area contributed by atoms with Gasteiger partial charge in [0.2, 0.25) is 5.75 Å². The number of carbonyl (C=O) groups excluding carboxylic acids is 1. The SMILES string of the molecule is COc1cc(C(C#N)NC(=O)COc2cccc(F)c2)cc(OC)c1OC. The van der Waals surface area contributed by atoms with Crippen molar-refractivity contribution < 1.29 is 28.1 Å². The predicted molar refractivity (Wildman–Crippen MR) is 94.5 cm³/mol. The normalized spacial score (nSPS) is 11.1. The zero-order valence-corrected chi connectivity index (χ0v) is 15.1. The Morgan fingerprint density at radius 2 is 1.81 bits per heavy atom. The van der Waals surface area contributed by atoms with Gasteiger partial charge < -0.3 is 24.3 Å². The molecule has 1 N–H and O–H groups in total. The first-order chi connectivity index (χ1) is 13.0. The van der Waals surface area contributed by atoms with Gasteiger partial charge in [-0.25, -0.2) is 4.39 Å². The molecule has 1 unspecified atom stereocenters. The number of hydrogen-bond acceptors (Lipinski definition) is 6. The smallest absolute Gasteiger partial charge is 0.259 e. The molecule has 1 amide bonds. The molecule has 0 aliphatic rings. The van der Waals surface area contributed by atoms with Crippen molar-refractivity contribution in [3.63, 3.8) is 0 Å². The lowest BCUT2D eigenvalue weighted by Crippen LogP contribution is -2.32. The van der Waals surface area contributed by atoms with E-state index in [4.69, 9.17) is 18.9 Å². The third-order valence-corrected chi connectivity index (χ3v) is 3.62. The molecule has 0 spiro atoms. The van der Waals surface area contributed by atoms with Crippen LogP contribution in [0.15, 0.2) is 36.4 Å². The lowest BCUT2D eigenvalue weighted by Gasteiger charge is -2.17. The summed E-state index contributed by atoms with van der Waals surface area (Å²) >= 11 is 0. The van der Waals surface area contributed by atoms with E-state index >= 15 is 0 Å². The number of rotatable bonds is 8. The van der Waals surface area contributed by atoms with Crippen LogP contribution in [0.5, 0.6) is 23.0 Å². The molecule has 27 heavy (non-hydrogen) atoms. The van der Waals surface area contributed by atoms with Gasteiger partial charge in [0, 0.05) is 6.07 Å². The number of nitriles is 1. The topological polar surface area (TPSA) is 89.8 Å². The summed E-state index contributed by atoms with van der Waals surface area (Å²) in [5.74, 6) is 0.294. The molecule has 0 fully saturated rings.